The average Bonchev–Trinajstić information content (AvgIpc) is 2.95. The molecule has 26 heavy (non-hydrogen) atoms. The fraction of sp³-hybridized carbons (Fsp3) is 0.300. The predicted octanol–water partition coefficient (Wildman–Crippen LogP) is 3.66. The van der Waals surface area contributed by atoms with E-state index in [2.05, 4.69) is 18.3 Å². The van der Waals surface area contributed by atoms with Crippen molar-refractivity contribution in [2.24, 2.45) is 0 Å². The van der Waals surface area contributed by atoms with Crippen LogP contribution in [0.15, 0.2) is 48.5 Å². The highest BCUT2D eigenvalue weighted by Gasteiger charge is 2.31. The maximum Gasteiger partial charge on any atom is 0.286 e. The third kappa shape index (κ3) is 4.45. The lowest BCUT2D eigenvalue weighted by Crippen LogP contribution is -2.25. The number of hydrogen-bond acceptors (Lipinski definition) is 5. The first-order chi connectivity index (χ1) is 12.6. The molecule has 0 radical (unpaired) electrons. The Labute approximate surface area is 157 Å². The topological polar surface area (TPSA) is 64.6 Å². The van der Waals surface area contributed by atoms with Gasteiger partial charge in [0.15, 0.2) is 0 Å². The van der Waals surface area contributed by atoms with Crippen molar-refractivity contribution in [1.29, 1.82) is 0 Å². The second-order valence-corrected chi connectivity index (χ2v) is 7.30. The van der Waals surface area contributed by atoms with E-state index >= 15 is 0 Å². The summed E-state index contributed by atoms with van der Waals surface area (Å²) >= 11 is 1.04. The number of aryl methyl sites for hydroxylation is 1. The normalized spacial score (nSPS) is 17.8. The third-order valence-electron chi connectivity index (χ3n) is 4.33. The number of benzene rings is 2. The summed E-state index contributed by atoms with van der Waals surface area (Å²) in [5.41, 5.74) is 3.27. The van der Waals surface area contributed by atoms with Gasteiger partial charge in [0.2, 0.25) is 5.91 Å². The van der Waals surface area contributed by atoms with Gasteiger partial charge in [-0.3, -0.25) is 14.9 Å². The second kappa shape index (κ2) is 8.38. The lowest BCUT2D eigenvalue weighted by Gasteiger charge is -2.18. The Morgan fingerprint density at radius 3 is 2.46 bits per heavy atom. The van der Waals surface area contributed by atoms with Crippen LogP contribution in [0, 0.1) is 6.92 Å². The molecule has 1 N–H and O–H groups in total. The van der Waals surface area contributed by atoms with Crippen LogP contribution in [0.25, 0.3) is 0 Å². The van der Waals surface area contributed by atoms with Gasteiger partial charge in [-0.2, -0.15) is 0 Å². The Kier molecular flexibility index (Phi) is 5.96. The number of hydrogen-bond donors (Lipinski definition) is 1. The molecule has 0 spiro atoms. The van der Waals surface area contributed by atoms with E-state index in [1.54, 1.807) is 7.11 Å². The lowest BCUT2D eigenvalue weighted by atomic mass is 10.0. The first-order valence-electron chi connectivity index (χ1n) is 8.38. The Morgan fingerprint density at radius 2 is 1.85 bits per heavy atom. The van der Waals surface area contributed by atoms with Crippen LogP contribution < -0.4 is 10.1 Å². The van der Waals surface area contributed by atoms with E-state index in [1.807, 2.05) is 42.5 Å². The Morgan fingerprint density at radius 1 is 1.12 bits per heavy atom. The first-order valence-corrected chi connectivity index (χ1v) is 9.26. The van der Waals surface area contributed by atoms with Gasteiger partial charge in [0.05, 0.1) is 5.25 Å². The second-order valence-electron chi connectivity index (χ2n) is 6.12. The van der Waals surface area contributed by atoms with Gasteiger partial charge in [0.1, 0.15) is 18.5 Å². The van der Waals surface area contributed by atoms with E-state index in [4.69, 9.17) is 9.47 Å². The first kappa shape index (κ1) is 18.5. The average molecular weight is 371 g/mol. The molecule has 0 aromatic heterocycles. The molecule has 6 heteroatoms. The van der Waals surface area contributed by atoms with Crippen LogP contribution in [-0.4, -0.2) is 30.1 Å². The van der Waals surface area contributed by atoms with Gasteiger partial charge in [-0.05, 0) is 42.2 Å². The number of amides is 2. The van der Waals surface area contributed by atoms with Crippen molar-refractivity contribution in [2.45, 2.75) is 24.7 Å². The van der Waals surface area contributed by atoms with Gasteiger partial charge in [-0.1, -0.05) is 48.2 Å². The molecule has 1 heterocycles. The quantitative estimate of drug-likeness (QED) is 0.805. The molecule has 2 atom stereocenters. The lowest BCUT2D eigenvalue weighted by molar-refractivity contribution is -0.118. The fourth-order valence-corrected chi connectivity index (χ4v) is 3.73. The third-order valence-corrected chi connectivity index (χ3v) is 5.31. The summed E-state index contributed by atoms with van der Waals surface area (Å²) in [6.07, 6.45) is 0.382. The predicted molar refractivity (Wildman–Crippen MR) is 101 cm³/mol. The van der Waals surface area contributed by atoms with Gasteiger partial charge in [0.25, 0.3) is 5.24 Å². The summed E-state index contributed by atoms with van der Waals surface area (Å²) in [4.78, 5) is 22.9. The van der Waals surface area contributed by atoms with Crippen molar-refractivity contribution in [2.75, 3.05) is 13.7 Å². The smallest absolute Gasteiger partial charge is 0.286 e. The minimum Gasteiger partial charge on any atom is -0.491 e. The van der Waals surface area contributed by atoms with Gasteiger partial charge in [-0.15, -0.1) is 0 Å². The van der Waals surface area contributed by atoms with Crippen LogP contribution in [0.3, 0.4) is 0 Å². The van der Waals surface area contributed by atoms with Crippen molar-refractivity contribution in [3.63, 3.8) is 0 Å². The summed E-state index contributed by atoms with van der Waals surface area (Å²) < 4.78 is 11.4. The van der Waals surface area contributed by atoms with Crippen molar-refractivity contribution >= 4 is 22.9 Å². The van der Waals surface area contributed by atoms with Crippen LogP contribution in [0.5, 0.6) is 5.75 Å². The van der Waals surface area contributed by atoms with Crippen LogP contribution >= 0.6 is 11.8 Å². The van der Waals surface area contributed by atoms with Crippen LogP contribution in [0.1, 0.15) is 22.8 Å². The van der Waals surface area contributed by atoms with Crippen LogP contribution in [-0.2, 0) is 16.0 Å². The summed E-state index contributed by atoms with van der Waals surface area (Å²) in [5, 5.41) is 1.67. The summed E-state index contributed by atoms with van der Waals surface area (Å²) in [6.45, 7) is 2.47. The monoisotopic (exact) mass is 371 g/mol. The van der Waals surface area contributed by atoms with Gasteiger partial charge < -0.3 is 9.47 Å². The highest BCUT2D eigenvalue weighted by Crippen LogP contribution is 2.25. The number of rotatable bonds is 7. The zero-order chi connectivity index (χ0) is 18.5. The molecule has 1 saturated heterocycles. The summed E-state index contributed by atoms with van der Waals surface area (Å²) in [7, 11) is 1.68. The van der Waals surface area contributed by atoms with Crippen molar-refractivity contribution in [3.8, 4) is 5.75 Å². The molecule has 0 saturated carbocycles. The number of carbonyl (C=O) groups is 2. The minimum atomic E-state index is -0.354. The largest absolute Gasteiger partial charge is 0.491 e. The molecule has 5 nitrogen and oxygen atoms in total. The SMILES string of the molecule is CO[C@@H](COc1ccc(CC2SC(=O)NC2=O)cc1)c1ccccc1C. The van der Waals surface area contributed by atoms with Crippen molar-refractivity contribution in [3.05, 3.63) is 65.2 Å². The van der Waals surface area contributed by atoms with E-state index in [0.29, 0.717) is 13.0 Å². The van der Waals surface area contributed by atoms with Gasteiger partial charge in [-0.25, -0.2) is 0 Å². The highest BCUT2D eigenvalue weighted by atomic mass is 32.2. The molecular weight excluding hydrogens is 350 g/mol. The maximum atomic E-state index is 11.6. The number of methoxy groups -OCH3 is 1. The molecule has 0 bridgehead atoms. The maximum absolute atomic E-state index is 11.6. The molecule has 2 aromatic rings. The van der Waals surface area contributed by atoms with Crippen molar-refractivity contribution < 1.29 is 19.1 Å². The molecule has 1 unspecified atom stereocenters. The van der Waals surface area contributed by atoms with E-state index in [1.165, 1.54) is 5.56 Å². The summed E-state index contributed by atoms with van der Waals surface area (Å²) in [5.74, 6) is 0.519. The molecule has 2 amide bonds. The molecule has 1 aliphatic rings. The Balaban J connectivity index is 1.58. The molecule has 3 rings (SSSR count). The van der Waals surface area contributed by atoms with E-state index in [0.717, 1.165) is 28.6 Å². The number of thioether (sulfide) groups is 1. The van der Waals surface area contributed by atoms with Gasteiger partial charge in [0, 0.05) is 7.11 Å². The molecule has 1 fully saturated rings. The standard InChI is InChI=1S/C20H21NO4S/c1-13-5-3-4-6-16(13)17(24-2)12-25-15-9-7-14(8-10-15)11-18-19(22)21-20(23)26-18/h3-10,17-18H,11-12H2,1-2H3,(H,21,22,23)/t17-,18?/m0/s1. The highest BCUT2D eigenvalue weighted by molar-refractivity contribution is 8.15. The number of ether oxygens (including phenoxy) is 2. The van der Waals surface area contributed by atoms with E-state index < -0.39 is 0 Å². The zero-order valence-corrected chi connectivity index (χ0v) is 15.5. The van der Waals surface area contributed by atoms with E-state index in [-0.39, 0.29) is 22.5 Å². The fourth-order valence-electron chi connectivity index (χ4n) is 2.87. The minimum absolute atomic E-state index is 0.138. The Bertz CT molecular complexity index is 791. The molecular formula is C20H21NO4S. The number of imide groups is 1. The zero-order valence-electron chi connectivity index (χ0n) is 14.7. The number of nitrogens with one attached hydrogen (secondary N) is 1. The molecule has 1 aliphatic heterocycles. The Hall–Kier alpha value is -2.31. The van der Waals surface area contributed by atoms with Crippen LogP contribution in [0.4, 0.5) is 4.79 Å². The number of carbonyl (C=O) groups excluding carboxylic acids is 2. The summed E-state index contributed by atoms with van der Waals surface area (Å²) in [6, 6.07) is 15.7. The molecule has 136 valence electrons. The molecule has 0 aliphatic carbocycles. The molecule has 2 aromatic carbocycles. The van der Waals surface area contributed by atoms with Crippen molar-refractivity contribution in [1.82, 2.24) is 5.32 Å². The van der Waals surface area contributed by atoms with Crippen LogP contribution in [0.2, 0.25) is 0 Å². The van der Waals surface area contributed by atoms with E-state index in [9.17, 15) is 9.59 Å². The van der Waals surface area contributed by atoms with Gasteiger partial charge >= 0.3 is 0 Å².